The van der Waals surface area contributed by atoms with Crippen LogP contribution in [0.4, 0.5) is 0 Å². The van der Waals surface area contributed by atoms with Gasteiger partial charge < -0.3 is 5.32 Å². The van der Waals surface area contributed by atoms with Crippen molar-refractivity contribution in [2.24, 2.45) is 0 Å². The number of piperidine rings is 1. The van der Waals surface area contributed by atoms with Crippen molar-refractivity contribution in [3.05, 3.63) is 71.3 Å². The first-order chi connectivity index (χ1) is 12.7. The van der Waals surface area contributed by atoms with E-state index in [1.54, 1.807) is 11.8 Å². The number of hydrogen-bond acceptors (Lipinski definition) is 3. The quantitative estimate of drug-likeness (QED) is 0.801. The Balaban J connectivity index is 1.32. The molecule has 2 aromatic rings. The summed E-state index contributed by atoms with van der Waals surface area (Å²) in [6.07, 6.45) is 2.09. The third kappa shape index (κ3) is 6.19. The van der Waals surface area contributed by atoms with E-state index in [-0.39, 0.29) is 5.91 Å². The average Bonchev–Trinajstić information content (AvgIpc) is 2.66. The Bertz CT molecular complexity index is 679. The summed E-state index contributed by atoms with van der Waals surface area (Å²) in [6, 6.07) is 19.5. The van der Waals surface area contributed by atoms with Crippen molar-refractivity contribution < 1.29 is 4.79 Å². The second-order valence-corrected chi connectivity index (χ2v) is 8.07. The van der Waals surface area contributed by atoms with Crippen LogP contribution in [-0.2, 0) is 17.1 Å². The Morgan fingerprint density at radius 1 is 1.04 bits per heavy atom. The molecule has 3 rings (SSSR count). The zero-order valence-electron chi connectivity index (χ0n) is 15.5. The second-order valence-electron chi connectivity index (χ2n) is 7.08. The Kier molecular flexibility index (Phi) is 7.15. The van der Waals surface area contributed by atoms with Gasteiger partial charge in [0.05, 0.1) is 5.75 Å². The van der Waals surface area contributed by atoms with Gasteiger partial charge in [0.15, 0.2) is 0 Å². The fourth-order valence-corrected chi connectivity index (χ4v) is 4.09. The van der Waals surface area contributed by atoms with Crippen LogP contribution in [0.15, 0.2) is 54.6 Å². The normalized spacial score (nSPS) is 15.7. The van der Waals surface area contributed by atoms with Gasteiger partial charge in [0.1, 0.15) is 0 Å². The van der Waals surface area contributed by atoms with Crippen LogP contribution in [0.25, 0.3) is 0 Å². The number of benzene rings is 2. The molecule has 1 amide bonds. The van der Waals surface area contributed by atoms with E-state index in [2.05, 4.69) is 71.7 Å². The molecule has 1 fully saturated rings. The largest absolute Gasteiger partial charge is 0.353 e. The summed E-state index contributed by atoms with van der Waals surface area (Å²) in [4.78, 5) is 14.7. The summed E-state index contributed by atoms with van der Waals surface area (Å²) in [5.74, 6) is 1.60. The Hall–Kier alpha value is -1.78. The molecule has 1 heterocycles. The average molecular weight is 369 g/mol. The SMILES string of the molecule is Cc1ccc(CSCC(=O)NC2CCN(Cc3ccccc3)CC2)cc1. The zero-order chi connectivity index (χ0) is 18.2. The van der Waals surface area contributed by atoms with Gasteiger partial charge >= 0.3 is 0 Å². The van der Waals surface area contributed by atoms with Gasteiger partial charge in [-0.25, -0.2) is 0 Å². The molecular formula is C22H28N2OS. The van der Waals surface area contributed by atoms with Crippen LogP contribution in [0, 0.1) is 6.92 Å². The number of nitrogens with one attached hydrogen (secondary N) is 1. The zero-order valence-corrected chi connectivity index (χ0v) is 16.3. The van der Waals surface area contributed by atoms with Crippen molar-refractivity contribution in [3.8, 4) is 0 Å². The molecule has 2 aromatic carbocycles. The van der Waals surface area contributed by atoms with E-state index in [9.17, 15) is 4.79 Å². The molecule has 0 saturated carbocycles. The second kappa shape index (κ2) is 9.79. The third-order valence-corrected chi connectivity index (χ3v) is 5.83. The first-order valence-corrected chi connectivity index (χ1v) is 10.5. The number of likely N-dealkylation sites (tertiary alicyclic amines) is 1. The summed E-state index contributed by atoms with van der Waals surface area (Å²) in [6.45, 7) is 5.20. The van der Waals surface area contributed by atoms with Crippen LogP contribution in [0.2, 0.25) is 0 Å². The highest BCUT2D eigenvalue weighted by Crippen LogP contribution is 2.15. The van der Waals surface area contributed by atoms with E-state index >= 15 is 0 Å². The molecule has 4 heteroatoms. The highest BCUT2D eigenvalue weighted by Gasteiger charge is 2.20. The van der Waals surface area contributed by atoms with E-state index in [0.29, 0.717) is 11.8 Å². The van der Waals surface area contributed by atoms with Crippen molar-refractivity contribution in [3.63, 3.8) is 0 Å². The molecule has 3 nitrogen and oxygen atoms in total. The number of amides is 1. The van der Waals surface area contributed by atoms with Gasteiger partial charge in [-0.1, -0.05) is 60.2 Å². The van der Waals surface area contributed by atoms with Crippen molar-refractivity contribution in [1.29, 1.82) is 0 Å². The first-order valence-electron chi connectivity index (χ1n) is 9.38. The van der Waals surface area contributed by atoms with Crippen LogP contribution in [0.3, 0.4) is 0 Å². The minimum atomic E-state index is 0.170. The third-order valence-electron chi connectivity index (χ3n) is 4.82. The number of carbonyl (C=O) groups excluding carboxylic acids is 1. The molecule has 1 aliphatic heterocycles. The predicted octanol–water partition coefficient (Wildman–Crippen LogP) is 4.01. The van der Waals surface area contributed by atoms with Crippen LogP contribution in [-0.4, -0.2) is 35.7 Å². The van der Waals surface area contributed by atoms with Crippen LogP contribution in [0.1, 0.15) is 29.5 Å². The molecule has 138 valence electrons. The van der Waals surface area contributed by atoms with Gasteiger partial charge in [-0.2, -0.15) is 0 Å². The number of nitrogens with zero attached hydrogens (tertiary/aromatic N) is 1. The molecule has 26 heavy (non-hydrogen) atoms. The van der Waals surface area contributed by atoms with E-state index < -0.39 is 0 Å². The van der Waals surface area contributed by atoms with Gasteiger partial charge in [-0.15, -0.1) is 11.8 Å². The summed E-state index contributed by atoms with van der Waals surface area (Å²) in [5.41, 5.74) is 3.92. The van der Waals surface area contributed by atoms with Crippen molar-refractivity contribution >= 4 is 17.7 Å². The molecule has 1 saturated heterocycles. The lowest BCUT2D eigenvalue weighted by molar-refractivity contribution is -0.119. The molecule has 1 N–H and O–H groups in total. The molecule has 0 bridgehead atoms. The smallest absolute Gasteiger partial charge is 0.230 e. The van der Waals surface area contributed by atoms with Gasteiger partial charge in [0.2, 0.25) is 5.91 Å². The van der Waals surface area contributed by atoms with Crippen molar-refractivity contribution in [2.45, 2.75) is 38.1 Å². The van der Waals surface area contributed by atoms with Gasteiger partial charge in [0.25, 0.3) is 0 Å². The maximum Gasteiger partial charge on any atom is 0.230 e. The molecule has 0 spiro atoms. The summed E-state index contributed by atoms with van der Waals surface area (Å²) >= 11 is 1.69. The lowest BCUT2D eigenvalue weighted by Gasteiger charge is -2.32. The lowest BCUT2D eigenvalue weighted by Crippen LogP contribution is -2.44. The predicted molar refractivity (Wildman–Crippen MR) is 110 cm³/mol. The van der Waals surface area contributed by atoms with Gasteiger partial charge in [0, 0.05) is 31.4 Å². The van der Waals surface area contributed by atoms with Crippen molar-refractivity contribution in [1.82, 2.24) is 10.2 Å². The number of carbonyl (C=O) groups is 1. The monoisotopic (exact) mass is 368 g/mol. The maximum atomic E-state index is 12.2. The first kappa shape index (κ1) is 19.0. The van der Waals surface area contributed by atoms with E-state index in [1.165, 1.54) is 16.7 Å². The fourth-order valence-electron chi connectivity index (χ4n) is 3.29. The molecule has 0 aliphatic carbocycles. The Morgan fingerprint density at radius 3 is 2.42 bits per heavy atom. The van der Waals surface area contributed by atoms with E-state index in [1.807, 2.05) is 0 Å². The van der Waals surface area contributed by atoms with Crippen LogP contribution in [0.5, 0.6) is 0 Å². The fraction of sp³-hybridized carbons (Fsp3) is 0.409. The minimum absolute atomic E-state index is 0.170. The van der Waals surface area contributed by atoms with Crippen molar-refractivity contribution in [2.75, 3.05) is 18.8 Å². The minimum Gasteiger partial charge on any atom is -0.353 e. The summed E-state index contributed by atoms with van der Waals surface area (Å²) in [7, 11) is 0. The summed E-state index contributed by atoms with van der Waals surface area (Å²) in [5, 5.41) is 3.21. The molecule has 0 aromatic heterocycles. The number of hydrogen-bond donors (Lipinski definition) is 1. The lowest BCUT2D eigenvalue weighted by atomic mass is 10.0. The van der Waals surface area contributed by atoms with E-state index in [4.69, 9.17) is 0 Å². The van der Waals surface area contributed by atoms with Gasteiger partial charge in [-0.05, 0) is 30.9 Å². The molecular weight excluding hydrogens is 340 g/mol. The summed E-state index contributed by atoms with van der Waals surface area (Å²) < 4.78 is 0. The van der Waals surface area contributed by atoms with Crippen LogP contribution < -0.4 is 5.32 Å². The Labute approximate surface area is 161 Å². The topological polar surface area (TPSA) is 32.3 Å². The maximum absolute atomic E-state index is 12.2. The number of aryl methyl sites for hydroxylation is 1. The molecule has 0 unspecified atom stereocenters. The highest BCUT2D eigenvalue weighted by atomic mass is 32.2. The number of thioether (sulfide) groups is 1. The highest BCUT2D eigenvalue weighted by molar-refractivity contribution is 7.99. The Morgan fingerprint density at radius 2 is 1.73 bits per heavy atom. The van der Waals surface area contributed by atoms with Crippen LogP contribution >= 0.6 is 11.8 Å². The van der Waals surface area contributed by atoms with E-state index in [0.717, 1.165) is 38.2 Å². The van der Waals surface area contributed by atoms with Gasteiger partial charge in [-0.3, -0.25) is 9.69 Å². The number of rotatable bonds is 7. The molecule has 0 radical (unpaired) electrons. The molecule has 0 atom stereocenters. The molecule has 1 aliphatic rings. The standard InChI is InChI=1S/C22H28N2OS/c1-18-7-9-20(10-8-18)16-26-17-22(25)23-21-11-13-24(14-12-21)15-19-5-3-2-4-6-19/h2-10,21H,11-17H2,1H3,(H,23,25).